The molecule has 0 bridgehead atoms. The number of nitrogens with one attached hydrogen (secondary N) is 1. The second kappa shape index (κ2) is 6.81. The molecule has 0 fully saturated rings. The van der Waals surface area contributed by atoms with E-state index in [1.54, 1.807) is 26.4 Å². The summed E-state index contributed by atoms with van der Waals surface area (Å²) < 4.78 is 20.2. The molecule has 20 heavy (non-hydrogen) atoms. The summed E-state index contributed by atoms with van der Waals surface area (Å²) in [6.45, 7) is 0. The molecule has 0 aliphatic rings. The average Bonchev–Trinajstić information content (AvgIpc) is 2.46. The van der Waals surface area contributed by atoms with Crippen molar-refractivity contribution in [2.45, 2.75) is 12.5 Å². The van der Waals surface area contributed by atoms with Crippen LogP contribution in [0, 0.1) is 5.82 Å². The Labute approximate surface area is 126 Å². The van der Waals surface area contributed by atoms with Gasteiger partial charge in [0.05, 0.1) is 18.8 Å². The summed E-state index contributed by atoms with van der Waals surface area (Å²) in [6.07, 6.45) is 2.19. The first-order valence-corrected chi connectivity index (χ1v) is 7.05. The molecule has 0 aliphatic carbocycles. The Morgan fingerprint density at radius 1 is 1.40 bits per heavy atom. The average molecular weight is 339 g/mol. The van der Waals surface area contributed by atoms with Crippen LogP contribution in [0.5, 0.6) is 5.75 Å². The van der Waals surface area contributed by atoms with Gasteiger partial charge in [-0.25, -0.2) is 4.39 Å². The van der Waals surface area contributed by atoms with E-state index in [2.05, 4.69) is 26.2 Å². The van der Waals surface area contributed by atoms with Gasteiger partial charge in [-0.15, -0.1) is 0 Å². The van der Waals surface area contributed by atoms with Crippen molar-refractivity contribution in [3.8, 4) is 5.75 Å². The molecule has 2 rings (SSSR count). The van der Waals surface area contributed by atoms with Gasteiger partial charge in [0.2, 0.25) is 0 Å². The molecule has 0 aliphatic heterocycles. The van der Waals surface area contributed by atoms with Crippen LogP contribution in [0.25, 0.3) is 0 Å². The zero-order chi connectivity index (χ0) is 14.5. The quantitative estimate of drug-likeness (QED) is 0.905. The predicted octanol–water partition coefficient (Wildman–Crippen LogP) is 3.50. The number of benzene rings is 1. The fourth-order valence-corrected chi connectivity index (χ4v) is 2.52. The van der Waals surface area contributed by atoms with E-state index in [9.17, 15) is 4.39 Å². The van der Waals surface area contributed by atoms with Crippen LogP contribution in [0.1, 0.15) is 17.3 Å². The highest BCUT2D eigenvalue weighted by Crippen LogP contribution is 2.28. The van der Waals surface area contributed by atoms with Crippen molar-refractivity contribution in [2.24, 2.45) is 0 Å². The third kappa shape index (κ3) is 3.35. The van der Waals surface area contributed by atoms with Crippen molar-refractivity contribution in [2.75, 3.05) is 14.2 Å². The topological polar surface area (TPSA) is 34.1 Å². The summed E-state index contributed by atoms with van der Waals surface area (Å²) in [4.78, 5) is 4.13. The minimum absolute atomic E-state index is 0.209. The molecule has 106 valence electrons. The smallest absolute Gasteiger partial charge is 0.146 e. The van der Waals surface area contributed by atoms with Crippen molar-refractivity contribution in [1.82, 2.24) is 10.3 Å². The van der Waals surface area contributed by atoms with Gasteiger partial charge < -0.3 is 10.1 Å². The Morgan fingerprint density at radius 2 is 2.20 bits per heavy atom. The zero-order valence-corrected chi connectivity index (χ0v) is 12.9. The molecule has 1 aromatic heterocycles. The first-order chi connectivity index (χ1) is 9.65. The highest BCUT2D eigenvalue weighted by molar-refractivity contribution is 9.10. The van der Waals surface area contributed by atoms with Crippen LogP contribution in [0.15, 0.2) is 41.0 Å². The lowest BCUT2D eigenvalue weighted by atomic mass is 10.0. The maximum atomic E-state index is 13.8. The molecular weight excluding hydrogens is 323 g/mol. The fourth-order valence-electron chi connectivity index (χ4n) is 2.12. The molecule has 0 spiro atoms. The van der Waals surface area contributed by atoms with E-state index in [4.69, 9.17) is 4.74 Å². The molecule has 0 radical (unpaired) electrons. The van der Waals surface area contributed by atoms with Crippen LogP contribution < -0.4 is 10.1 Å². The summed E-state index contributed by atoms with van der Waals surface area (Å²) in [5.41, 5.74) is 1.41. The normalized spacial score (nSPS) is 12.2. The van der Waals surface area contributed by atoms with E-state index in [1.165, 1.54) is 6.07 Å². The Balaban J connectivity index is 2.31. The van der Waals surface area contributed by atoms with Crippen molar-refractivity contribution >= 4 is 15.9 Å². The Kier molecular flexibility index (Phi) is 5.09. The number of hydrogen-bond donors (Lipinski definition) is 1. The van der Waals surface area contributed by atoms with Gasteiger partial charge >= 0.3 is 0 Å². The number of aromatic nitrogens is 1. The Hall–Kier alpha value is -1.46. The number of methoxy groups -OCH3 is 1. The number of likely N-dealkylation sites (N-methyl/N-ethyl adjacent to an activating group) is 1. The van der Waals surface area contributed by atoms with Gasteiger partial charge in [-0.05, 0) is 49.4 Å². The lowest BCUT2D eigenvalue weighted by molar-refractivity contribution is 0.405. The van der Waals surface area contributed by atoms with Gasteiger partial charge in [0.1, 0.15) is 11.6 Å². The second-order valence-electron chi connectivity index (χ2n) is 4.37. The molecule has 1 aromatic carbocycles. The standard InChI is InChI=1S/C15H16BrFN2O/c1-18-13(15-12(17)4-3-7-19-15)9-10-8-11(16)5-6-14(10)20-2/h3-8,13,18H,9H2,1-2H3. The Bertz CT molecular complexity index is 592. The first-order valence-electron chi connectivity index (χ1n) is 6.25. The van der Waals surface area contributed by atoms with Gasteiger partial charge in [-0.1, -0.05) is 15.9 Å². The van der Waals surface area contributed by atoms with Crippen molar-refractivity contribution < 1.29 is 9.13 Å². The van der Waals surface area contributed by atoms with Gasteiger partial charge in [-0.2, -0.15) is 0 Å². The molecule has 1 atom stereocenters. The summed E-state index contributed by atoms with van der Waals surface area (Å²) in [6, 6.07) is 8.58. The molecule has 1 N–H and O–H groups in total. The number of halogens is 2. The first kappa shape index (κ1) is 14.9. The lowest BCUT2D eigenvalue weighted by Gasteiger charge is -2.18. The molecule has 2 aromatic rings. The zero-order valence-electron chi connectivity index (χ0n) is 11.4. The number of nitrogens with zero attached hydrogens (tertiary/aromatic N) is 1. The molecule has 1 unspecified atom stereocenters. The van der Waals surface area contributed by atoms with E-state index >= 15 is 0 Å². The highest BCUT2D eigenvalue weighted by atomic mass is 79.9. The summed E-state index contributed by atoms with van der Waals surface area (Å²) in [5, 5.41) is 3.11. The SMILES string of the molecule is CNC(Cc1cc(Br)ccc1OC)c1ncccc1F. The molecular formula is C15H16BrFN2O. The Morgan fingerprint density at radius 3 is 2.85 bits per heavy atom. The van der Waals surface area contributed by atoms with Crippen LogP contribution in [-0.2, 0) is 6.42 Å². The summed E-state index contributed by atoms with van der Waals surface area (Å²) in [7, 11) is 3.42. The number of ether oxygens (including phenoxy) is 1. The van der Waals surface area contributed by atoms with Gasteiger partial charge in [0.15, 0.2) is 0 Å². The minimum Gasteiger partial charge on any atom is -0.496 e. The maximum Gasteiger partial charge on any atom is 0.146 e. The van der Waals surface area contributed by atoms with E-state index in [0.717, 1.165) is 15.8 Å². The van der Waals surface area contributed by atoms with Crippen LogP contribution in [-0.4, -0.2) is 19.1 Å². The monoisotopic (exact) mass is 338 g/mol. The van der Waals surface area contributed by atoms with Crippen LogP contribution in [0.2, 0.25) is 0 Å². The molecule has 0 saturated heterocycles. The van der Waals surface area contributed by atoms with Crippen molar-refractivity contribution in [1.29, 1.82) is 0 Å². The van der Waals surface area contributed by atoms with Crippen LogP contribution >= 0.6 is 15.9 Å². The van der Waals surface area contributed by atoms with E-state index in [1.807, 2.05) is 18.2 Å². The highest BCUT2D eigenvalue weighted by Gasteiger charge is 2.18. The van der Waals surface area contributed by atoms with Crippen molar-refractivity contribution in [3.63, 3.8) is 0 Å². The molecule has 0 saturated carbocycles. The number of pyridine rings is 1. The third-order valence-electron chi connectivity index (χ3n) is 3.13. The van der Waals surface area contributed by atoms with E-state index in [0.29, 0.717) is 12.1 Å². The van der Waals surface area contributed by atoms with E-state index in [-0.39, 0.29) is 11.9 Å². The lowest BCUT2D eigenvalue weighted by Crippen LogP contribution is -2.21. The summed E-state index contributed by atoms with van der Waals surface area (Å²) >= 11 is 3.44. The van der Waals surface area contributed by atoms with Crippen molar-refractivity contribution in [3.05, 3.63) is 58.1 Å². The maximum absolute atomic E-state index is 13.8. The second-order valence-corrected chi connectivity index (χ2v) is 5.29. The fraction of sp³-hybridized carbons (Fsp3) is 0.267. The predicted molar refractivity (Wildman–Crippen MR) is 80.4 cm³/mol. The van der Waals surface area contributed by atoms with Gasteiger partial charge in [0, 0.05) is 10.7 Å². The molecule has 5 heteroatoms. The summed E-state index contributed by atoms with van der Waals surface area (Å²) in [5.74, 6) is 0.477. The number of hydrogen-bond acceptors (Lipinski definition) is 3. The molecule has 0 amide bonds. The van der Waals surface area contributed by atoms with Crippen LogP contribution in [0.3, 0.4) is 0 Å². The molecule has 3 nitrogen and oxygen atoms in total. The number of rotatable bonds is 5. The molecule has 1 heterocycles. The van der Waals surface area contributed by atoms with Gasteiger partial charge in [0.25, 0.3) is 0 Å². The van der Waals surface area contributed by atoms with Crippen LogP contribution in [0.4, 0.5) is 4.39 Å². The van der Waals surface area contributed by atoms with Gasteiger partial charge in [-0.3, -0.25) is 4.98 Å². The third-order valence-corrected chi connectivity index (χ3v) is 3.63. The minimum atomic E-state index is -0.305. The van der Waals surface area contributed by atoms with E-state index < -0.39 is 0 Å². The largest absolute Gasteiger partial charge is 0.496 e.